The molecule has 28 heavy (non-hydrogen) atoms. The fourth-order valence-corrected chi connectivity index (χ4v) is 4.34. The molecule has 1 amide bonds. The van der Waals surface area contributed by atoms with Crippen LogP contribution in [0.5, 0.6) is 0 Å². The number of halogens is 2. The molecule has 1 saturated heterocycles. The third-order valence-electron chi connectivity index (χ3n) is 5.70. The summed E-state index contributed by atoms with van der Waals surface area (Å²) in [5, 5.41) is 4.72. The van der Waals surface area contributed by atoms with E-state index in [1.54, 1.807) is 6.07 Å². The minimum absolute atomic E-state index is 0.215. The van der Waals surface area contributed by atoms with Crippen LogP contribution in [0.25, 0.3) is 11.1 Å². The lowest BCUT2D eigenvalue weighted by Crippen LogP contribution is -2.49. The van der Waals surface area contributed by atoms with E-state index >= 15 is 0 Å². The minimum atomic E-state index is 0.215. The Kier molecular flexibility index (Phi) is 5.93. The van der Waals surface area contributed by atoms with Crippen molar-refractivity contribution in [3.63, 3.8) is 0 Å². The summed E-state index contributed by atoms with van der Waals surface area (Å²) in [6.45, 7) is 4.02. The van der Waals surface area contributed by atoms with E-state index in [0.717, 1.165) is 43.7 Å². The van der Waals surface area contributed by atoms with Crippen molar-refractivity contribution in [3.8, 4) is 11.1 Å². The van der Waals surface area contributed by atoms with Gasteiger partial charge in [0.2, 0.25) is 5.91 Å². The molecule has 1 heterocycles. The van der Waals surface area contributed by atoms with Gasteiger partial charge in [0.25, 0.3) is 0 Å². The Bertz CT molecular complexity index is 827. The number of hydrogen-bond acceptors (Lipinski definition) is 3. The van der Waals surface area contributed by atoms with E-state index in [-0.39, 0.29) is 5.91 Å². The lowest BCUT2D eigenvalue weighted by Gasteiger charge is -2.32. The van der Waals surface area contributed by atoms with Gasteiger partial charge in [-0.15, -0.1) is 0 Å². The van der Waals surface area contributed by atoms with E-state index < -0.39 is 0 Å². The number of rotatable bonds is 5. The number of carbonyl (C=O) groups excluding carboxylic acids is 1. The van der Waals surface area contributed by atoms with Crippen LogP contribution in [0, 0.1) is 0 Å². The second-order valence-electron chi connectivity index (χ2n) is 7.79. The van der Waals surface area contributed by atoms with Crippen molar-refractivity contribution < 1.29 is 4.79 Å². The van der Waals surface area contributed by atoms with Crippen LogP contribution < -0.4 is 5.32 Å². The topological polar surface area (TPSA) is 35.6 Å². The number of benzene rings is 2. The number of nitrogens with zero attached hydrogens (tertiary/aromatic N) is 2. The van der Waals surface area contributed by atoms with Gasteiger partial charge in [0.1, 0.15) is 0 Å². The first-order chi connectivity index (χ1) is 13.5. The fraction of sp³-hybridized carbons (Fsp3) is 0.409. The van der Waals surface area contributed by atoms with E-state index in [1.165, 1.54) is 5.56 Å². The molecule has 2 aliphatic rings. The molecule has 1 saturated carbocycles. The first kappa shape index (κ1) is 19.7. The molecule has 2 aromatic rings. The Balaban J connectivity index is 1.30. The van der Waals surface area contributed by atoms with Crippen LogP contribution in [0.2, 0.25) is 10.0 Å². The lowest BCUT2D eigenvalue weighted by atomic mass is 10.0. The van der Waals surface area contributed by atoms with E-state index in [2.05, 4.69) is 41.5 Å². The van der Waals surface area contributed by atoms with Crippen LogP contribution in [-0.4, -0.2) is 61.5 Å². The predicted octanol–water partition coefficient (Wildman–Crippen LogP) is 3.88. The Morgan fingerprint density at radius 1 is 1.00 bits per heavy atom. The van der Waals surface area contributed by atoms with Gasteiger partial charge in [-0.1, -0.05) is 47.5 Å². The van der Waals surface area contributed by atoms with Gasteiger partial charge in [0, 0.05) is 48.2 Å². The molecular weight excluding hydrogens is 393 g/mol. The molecule has 0 spiro atoms. The lowest BCUT2D eigenvalue weighted by molar-refractivity contribution is -0.131. The maximum atomic E-state index is 12.4. The molecule has 1 aliphatic heterocycles. The van der Waals surface area contributed by atoms with E-state index in [4.69, 9.17) is 23.2 Å². The van der Waals surface area contributed by atoms with Crippen molar-refractivity contribution in [2.75, 3.05) is 39.8 Å². The molecule has 0 aromatic heterocycles. The van der Waals surface area contributed by atoms with Crippen molar-refractivity contribution >= 4 is 29.1 Å². The summed E-state index contributed by atoms with van der Waals surface area (Å²) in [7, 11) is 2.10. The first-order valence-electron chi connectivity index (χ1n) is 9.76. The summed E-state index contributed by atoms with van der Waals surface area (Å²) >= 11 is 12.2. The van der Waals surface area contributed by atoms with Crippen molar-refractivity contribution in [2.45, 2.75) is 18.4 Å². The van der Waals surface area contributed by atoms with Crippen LogP contribution in [0.4, 0.5) is 0 Å². The van der Waals surface area contributed by atoms with Crippen molar-refractivity contribution in [3.05, 3.63) is 58.1 Å². The average molecular weight is 418 g/mol. The molecule has 4 nitrogen and oxygen atoms in total. The first-order valence-corrected chi connectivity index (χ1v) is 10.5. The van der Waals surface area contributed by atoms with E-state index in [9.17, 15) is 4.79 Å². The third-order valence-corrected chi connectivity index (χ3v) is 6.13. The molecule has 1 aliphatic carbocycles. The number of hydrogen-bond donors (Lipinski definition) is 1. The molecule has 4 rings (SSSR count). The monoisotopic (exact) mass is 417 g/mol. The maximum Gasteiger partial charge on any atom is 0.236 e. The second kappa shape index (κ2) is 8.42. The molecule has 2 aromatic carbocycles. The van der Waals surface area contributed by atoms with E-state index in [0.29, 0.717) is 28.5 Å². The van der Waals surface area contributed by atoms with E-state index in [1.807, 2.05) is 17.0 Å². The van der Waals surface area contributed by atoms with Crippen LogP contribution in [0.3, 0.4) is 0 Å². The Morgan fingerprint density at radius 2 is 1.64 bits per heavy atom. The van der Waals surface area contributed by atoms with Crippen LogP contribution in [-0.2, 0) is 4.79 Å². The smallest absolute Gasteiger partial charge is 0.236 e. The van der Waals surface area contributed by atoms with Gasteiger partial charge in [0.15, 0.2) is 0 Å². The molecule has 0 bridgehead atoms. The zero-order valence-electron chi connectivity index (χ0n) is 16.0. The molecule has 148 valence electrons. The minimum Gasteiger partial charge on any atom is -0.339 e. The Labute approximate surface area is 176 Å². The number of likely N-dealkylation sites (N-methyl/N-ethyl adjacent to an activating group) is 1. The quantitative estimate of drug-likeness (QED) is 0.801. The van der Waals surface area contributed by atoms with Crippen LogP contribution >= 0.6 is 23.2 Å². The summed E-state index contributed by atoms with van der Waals surface area (Å²) in [6.07, 6.45) is 1.08. The summed E-state index contributed by atoms with van der Waals surface area (Å²) < 4.78 is 0. The SMILES string of the molecule is CN1CCN(C(=O)CN[C@@H]2C[C@H]2c2ccc(-c3cc(Cl)cc(Cl)c3)cc2)CC1. The number of nitrogens with one attached hydrogen (secondary N) is 1. The second-order valence-corrected chi connectivity index (χ2v) is 8.67. The van der Waals surface area contributed by atoms with Gasteiger partial charge in [0.05, 0.1) is 6.54 Å². The highest BCUT2D eigenvalue weighted by Gasteiger charge is 2.38. The zero-order valence-corrected chi connectivity index (χ0v) is 17.5. The average Bonchev–Trinajstić information content (AvgIpc) is 3.46. The van der Waals surface area contributed by atoms with Crippen LogP contribution in [0.1, 0.15) is 17.9 Å². The molecule has 0 unspecified atom stereocenters. The maximum absolute atomic E-state index is 12.4. The standard InChI is InChI=1S/C22H25Cl2N3O/c1-26-6-8-27(9-7-26)22(28)14-25-21-13-20(21)16-4-2-15(3-5-16)17-10-18(23)12-19(24)11-17/h2-5,10-12,20-21,25H,6-9,13-14H2,1H3/t20-,21+/m0/s1. The normalized spacial score (nSPS) is 22.3. The Hall–Kier alpha value is -1.59. The highest BCUT2D eigenvalue weighted by molar-refractivity contribution is 6.35. The highest BCUT2D eigenvalue weighted by atomic mass is 35.5. The van der Waals surface area contributed by atoms with Gasteiger partial charge in [-0.3, -0.25) is 4.79 Å². The number of piperazine rings is 1. The summed E-state index contributed by atoms with van der Waals surface area (Å²) in [4.78, 5) is 16.6. The molecular formula is C22H25Cl2N3O. The molecule has 1 N–H and O–H groups in total. The van der Waals surface area contributed by atoms with Crippen molar-refractivity contribution in [1.82, 2.24) is 15.1 Å². The third kappa shape index (κ3) is 4.69. The van der Waals surface area contributed by atoms with Crippen LogP contribution in [0.15, 0.2) is 42.5 Å². The number of carbonyl (C=O) groups is 1. The zero-order chi connectivity index (χ0) is 19.7. The summed E-state index contributed by atoms with van der Waals surface area (Å²) in [5.74, 6) is 0.698. The van der Waals surface area contributed by atoms with Gasteiger partial charge in [-0.05, 0) is 48.4 Å². The summed E-state index contributed by atoms with van der Waals surface area (Å²) in [5.41, 5.74) is 3.43. The molecule has 6 heteroatoms. The fourth-order valence-electron chi connectivity index (χ4n) is 3.82. The largest absolute Gasteiger partial charge is 0.339 e. The van der Waals surface area contributed by atoms with Crippen molar-refractivity contribution in [1.29, 1.82) is 0 Å². The molecule has 2 fully saturated rings. The van der Waals surface area contributed by atoms with Gasteiger partial charge < -0.3 is 15.1 Å². The highest BCUT2D eigenvalue weighted by Crippen LogP contribution is 2.41. The van der Waals surface area contributed by atoms with Gasteiger partial charge in [-0.25, -0.2) is 0 Å². The predicted molar refractivity (Wildman–Crippen MR) is 115 cm³/mol. The summed E-state index contributed by atoms with van der Waals surface area (Å²) in [6, 6.07) is 14.5. The van der Waals surface area contributed by atoms with Gasteiger partial charge in [-0.2, -0.15) is 0 Å². The van der Waals surface area contributed by atoms with Gasteiger partial charge >= 0.3 is 0 Å². The number of amides is 1. The molecule has 0 radical (unpaired) electrons. The van der Waals surface area contributed by atoms with Crippen molar-refractivity contribution in [2.24, 2.45) is 0 Å². The Morgan fingerprint density at radius 3 is 2.29 bits per heavy atom. The molecule has 2 atom stereocenters.